The molecule has 3 rings (SSSR count). The minimum absolute atomic E-state index is 0.356. The molecule has 1 aromatic carbocycles. The van der Waals surface area contributed by atoms with Crippen LogP contribution in [0.15, 0.2) is 41.8 Å². The van der Waals surface area contributed by atoms with E-state index in [9.17, 15) is 4.79 Å². The number of ether oxygens (including phenoxy) is 1. The molecule has 0 saturated heterocycles. The molecule has 21 heavy (non-hydrogen) atoms. The third-order valence-corrected chi connectivity index (χ3v) is 4.02. The fourth-order valence-electron chi connectivity index (χ4n) is 2.15. The molecule has 106 valence electrons. The molecule has 0 radical (unpaired) electrons. The standard InChI is InChI=1S/C15H13N3O2S/c1-20-15-7-3-2-6-13(15)18-14(12(10-19)16-17-18)9-11-5-4-8-21-11/h2-8,10H,9H2,1H3. The first-order valence-electron chi connectivity index (χ1n) is 6.39. The molecule has 0 saturated carbocycles. The van der Waals surface area contributed by atoms with Crippen molar-refractivity contribution in [2.75, 3.05) is 7.11 Å². The van der Waals surface area contributed by atoms with Gasteiger partial charge >= 0.3 is 0 Å². The number of benzene rings is 1. The molecule has 0 fully saturated rings. The van der Waals surface area contributed by atoms with Gasteiger partial charge in [-0.2, -0.15) is 0 Å². The van der Waals surface area contributed by atoms with E-state index in [-0.39, 0.29) is 0 Å². The summed E-state index contributed by atoms with van der Waals surface area (Å²) in [6, 6.07) is 11.5. The van der Waals surface area contributed by atoms with Gasteiger partial charge in [0.05, 0.1) is 12.8 Å². The van der Waals surface area contributed by atoms with Crippen LogP contribution in [0.3, 0.4) is 0 Å². The molecule has 0 bridgehead atoms. The Kier molecular flexibility index (Phi) is 3.79. The maximum Gasteiger partial charge on any atom is 0.172 e. The smallest absolute Gasteiger partial charge is 0.172 e. The summed E-state index contributed by atoms with van der Waals surface area (Å²) in [6.45, 7) is 0. The Morgan fingerprint density at radius 2 is 2.14 bits per heavy atom. The molecular formula is C15H13N3O2S. The van der Waals surface area contributed by atoms with E-state index in [0.29, 0.717) is 17.9 Å². The van der Waals surface area contributed by atoms with Crippen molar-refractivity contribution in [2.24, 2.45) is 0 Å². The lowest BCUT2D eigenvalue weighted by Gasteiger charge is -2.10. The molecule has 0 amide bonds. The number of hydrogen-bond donors (Lipinski definition) is 0. The van der Waals surface area contributed by atoms with Gasteiger partial charge in [0.25, 0.3) is 0 Å². The normalized spacial score (nSPS) is 10.5. The van der Waals surface area contributed by atoms with Gasteiger partial charge in [-0.05, 0) is 23.6 Å². The molecule has 0 unspecified atom stereocenters. The highest BCUT2D eigenvalue weighted by molar-refractivity contribution is 7.09. The second-order valence-electron chi connectivity index (χ2n) is 4.38. The summed E-state index contributed by atoms with van der Waals surface area (Å²) in [5.74, 6) is 0.687. The number of nitrogens with zero attached hydrogens (tertiary/aromatic N) is 3. The van der Waals surface area contributed by atoms with Crippen molar-refractivity contribution in [2.45, 2.75) is 6.42 Å². The first-order valence-corrected chi connectivity index (χ1v) is 7.27. The van der Waals surface area contributed by atoms with Crippen molar-refractivity contribution in [3.8, 4) is 11.4 Å². The number of methoxy groups -OCH3 is 1. The van der Waals surface area contributed by atoms with Gasteiger partial charge in [0.2, 0.25) is 0 Å². The van der Waals surface area contributed by atoms with Crippen LogP contribution in [0.2, 0.25) is 0 Å². The van der Waals surface area contributed by atoms with Crippen LogP contribution in [-0.2, 0) is 6.42 Å². The van der Waals surface area contributed by atoms with Crippen LogP contribution in [0.4, 0.5) is 0 Å². The Labute approximate surface area is 125 Å². The average Bonchev–Trinajstić information content (AvgIpc) is 3.17. The number of thiophene rings is 1. The van der Waals surface area contributed by atoms with Crippen molar-refractivity contribution in [3.63, 3.8) is 0 Å². The van der Waals surface area contributed by atoms with E-state index in [2.05, 4.69) is 10.3 Å². The maximum absolute atomic E-state index is 11.2. The summed E-state index contributed by atoms with van der Waals surface area (Å²) in [5, 5.41) is 10.1. The Morgan fingerprint density at radius 3 is 2.86 bits per heavy atom. The summed E-state index contributed by atoms with van der Waals surface area (Å²) in [5.41, 5.74) is 1.89. The fourth-order valence-corrected chi connectivity index (χ4v) is 2.86. The largest absolute Gasteiger partial charge is 0.494 e. The topological polar surface area (TPSA) is 57.0 Å². The molecule has 0 N–H and O–H groups in total. The Morgan fingerprint density at radius 1 is 1.29 bits per heavy atom. The molecule has 6 heteroatoms. The van der Waals surface area contributed by atoms with Crippen LogP contribution in [0.5, 0.6) is 5.75 Å². The third-order valence-electron chi connectivity index (χ3n) is 3.14. The zero-order chi connectivity index (χ0) is 14.7. The quantitative estimate of drug-likeness (QED) is 0.680. The second-order valence-corrected chi connectivity index (χ2v) is 5.41. The van der Waals surface area contributed by atoms with E-state index in [1.807, 2.05) is 41.8 Å². The van der Waals surface area contributed by atoms with Crippen molar-refractivity contribution in [3.05, 3.63) is 58.0 Å². The SMILES string of the molecule is COc1ccccc1-n1nnc(C=O)c1Cc1cccs1. The predicted octanol–water partition coefficient (Wildman–Crippen LogP) is 2.74. The second kappa shape index (κ2) is 5.88. The molecule has 2 heterocycles. The van der Waals surface area contributed by atoms with Gasteiger partial charge in [-0.3, -0.25) is 4.79 Å². The number of para-hydroxylation sites is 2. The van der Waals surface area contributed by atoms with Crippen molar-refractivity contribution < 1.29 is 9.53 Å². The molecule has 2 aromatic heterocycles. The Hall–Kier alpha value is -2.47. The number of hydrogen-bond acceptors (Lipinski definition) is 5. The van der Waals surface area contributed by atoms with Crippen LogP contribution < -0.4 is 4.74 Å². The summed E-state index contributed by atoms with van der Waals surface area (Å²) in [6.07, 6.45) is 1.35. The van der Waals surface area contributed by atoms with Gasteiger partial charge in [-0.1, -0.05) is 23.4 Å². The third kappa shape index (κ3) is 2.57. The summed E-state index contributed by atoms with van der Waals surface area (Å²) < 4.78 is 7.03. The van der Waals surface area contributed by atoms with Gasteiger partial charge in [-0.25, -0.2) is 4.68 Å². The van der Waals surface area contributed by atoms with E-state index in [0.717, 1.165) is 22.5 Å². The van der Waals surface area contributed by atoms with E-state index >= 15 is 0 Å². The highest BCUT2D eigenvalue weighted by atomic mass is 32.1. The Bertz CT molecular complexity index is 750. The lowest BCUT2D eigenvalue weighted by Crippen LogP contribution is -2.05. The van der Waals surface area contributed by atoms with Crippen LogP contribution in [0.25, 0.3) is 5.69 Å². The molecule has 3 aromatic rings. The van der Waals surface area contributed by atoms with Crippen molar-refractivity contribution >= 4 is 17.6 Å². The first-order chi connectivity index (χ1) is 10.3. The highest BCUT2D eigenvalue weighted by Crippen LogP contribution is 2.25. The van der Waals surface area contributed by atoms with E-state index in [4.69, 9.17) is 4.74 Å². The molecule has 0 aliphatic rings. The molecule has 0 spiro atoms. The van der Waals surface area contributed by atoms with Crippen LogP contribution in [0, 0.1) is 0 Å². The molecule has 0 aliphatic heterocycles. The van der Waals surface area contributed by atoms with Crippen molar-refractivity contribution in [1.29, 1.82) is 0 Å². The lowest BCUT2D eigenvalue weighted by atomic mass is 10.2. The number of carbonyl (C=O) groups excluding carboxylic acids is 1. The number of aromatic nitrogens is 3. The highest BCUT2D eigenvalue weighted by Gasteiger charge is 2.17. The maximum atomic E-state index is 11.2. The van der Waals surface area contributed by atoms with E-state index in [1.54, 1.807) is 23.1 Å². The average molecular weight is 299 g/mol. The predicted molar refractivity (Wildman–Crippen MR) is 80.4 cm³/mol. The van der Waals surface area contributed by atoms with Crippen LogP contribution in [-0.4, -0.2) is 28.4 Å². The molecular weight excluding hydrogens is 286 g/mol. The molecule has 0 aliphatic carbocycles. The zero-order valence-electron chi connectivity index (χ0n) is 11.4. The van der Waals surface area contributed by atoms with Gasteiger partial charge in [-0.15, -0.1) is 16.4 Å². The molecule has 0 atom stereocenters. The fraction of sp³-hybridized carbons (Fsp3) is 0.133. The first kappa shape index (κ1) is 13.5. The van der Waals surface area contributed by atoms with Gasteiger partial charge in [0, 0.05) is 11.3 Å². The minimum atomic E-state index is 0.356. The Balaban J connectivity index is 2.10. The number of carbonyl (C=O) groups is 1. The van der Waals surface area contributed by atoms with E-state index in [1.165, 1.54) is 0 Å². The van der Waals surface area contributed by atoms with Gasteiger partial charge in [0.1, 0.15) is 17.1 Å². The number of rotatable bonds is 5. The lowest BCUT2D eigenvalue weighted by molar-refractivity contribution is 0.111. The molecule has 5 nitrogen and oxygen atoms in total. The van der Waals surface area contributed by atoms with E-state index < -0.39 is 0 Å². The van der Waals surface area contributed by atoms with Crippen LogP contribution in [0.1, 0.15) is 21.1 Å². The summed E-state index contributed by atoms with van der Waals surface area (Å²) >= 11 is 1.64. The minimum Gasteiger partial charge on any atom is -0.494 e. The summed E-state index contributed by atoms with van der Waals surface area (Å²) in [7, 11) is 1.61. The number of aldehydes is 1. The van der Waals surface area contributed by atoms with Crippen molar-refractivity contribution in [1.82, 2.24) is 15.0 Å². The monoisotopic (exact) mass is 299 g/mol. The van der Waals surface area contributed by atoms with Gasteiger partial charge < -0.3 is 4.74 Å². The van der Waals surface area contributed by atoms with Gasteiger partial charge in [0.15, 0.2) is 6.29 Å². The summed E-state index contributed by atoms with van der Waals surface area (Å²) in [4.78, 5) is 12.4. The zero-order valence-corrected chi connectivity index (χ0v) is 12.2. The van der Waals surface area contributed by atoms with Crippen LogP contribution >= 0.6 is 11.3 Å².